The number of aromatic amines is 1. The minimum atomic E-state index is -0.920. The molecule has 84 valence electrons. The highest BCUT2D eigenvalue weighted by molar-refractivity contribution is 5.67. The van der Waals surface area contributed by atoms with Crippen LogP contribution in [0, 0.1) is 0 Å². The fourth-order valence-electron chi connectivity index (χ4n) is 1.19. The average molecular weight is 211 g/mol. The molecule has 0 aliphatic rings. The molecule has 4 N–H and O–H groups in total. The van der Waals surface area contributed by atoms with Gasteiger partial charge in [0.1, 0.15) is 5.82 Å². The standard InChI is InChI=1S/C10H17N3O2/c1-10(2,3)7-5-12-9(13-7)6(11)4-8(14)15/h5-6H,4,11H2,1-3H3,(H,12,13)(H,14,15). The van der Waals surface area contributed by atoms with E-state index in [-0.39, 0.29) is 11.8 Å². The number of carboxylic acid groups (broad SMARTS) is 1. The lowest BCUT2D eigenvalue weighted by molar-refractivity contribution is -0.137. The second-order valence-electron chi connectivity index (χ2n) is 4.64. The second kappa shape index (κ2) is 4.02. The summed E-state index contributed by atoms with van der Waals surface area (Å²) in [4.78, 5) is 17.6. The third-order valence-corrected chi connectivity index (χ3v) is 2.15. The number of rotatable bonds is 3. The summed E-state index contributed by atoms with van der Waals surface area (Å²) in [6, 6.07) is -0.571. The Morgan fingerprint density at radius 1 is 1.67 bits per heavy atom. The molecule has 5 nitrogen and oxygen atoms in total. The molecule has 0 radical (unpaired) electrons. The Balaban J connectivity index is 2.80. The quantitative estimate of drug-likeness (QED) is 0.700. The number of aromatic nitrogens is 2. The molecule has 0 bridgehead atoms. The zero-order valence-corrected chi connectivity index (χ0v) is 9.24. The van der Waals surface area contributed by atoms with E-state index in [1.165, 1.54) is 0 Å². The highest BCUT2D eigenvalue weighted by Crippen LogP contribution is 2.21. The van der Waals surface area contributed by atoms with Crippen molar-refractivity contribution in [3.8, 4) is 0 Å². The normalized spacial score (nSPS) is 13.9. The summed E-state index contributed by atoms with van der Waals surface area (Å²) in [6.45, 7) is 6.15. The number of nitrogens with one attached hydrogen (secondary N) is 1. The molecule has 0 amide bonds. The van der Waals surface area contributed by atoms with E-state index >= 15 is 0 Å². The van der Waals surface area contributed by atoms with Gasteiger partial charge in [0.05, 0.1) is 12.5 Å². The van der Waals surface area contributed by atoms with Gasteiger partial charge in [-0.15, -0.1) is 0 Å². The molecule has 5 heteroatoms. The average Bonchev–Trinajstić information content (AvgIpc) is 2.48. The van der Waals surface area contributed by atoms with Gasteiger partial charge in [0, 0.05) is 17.3 Å². The van der Waals surface area contributed by atoms with Crippen molar-refractivity contribution in [3.05, 3.63) is 17.7 Å². The molecule has 1 aromatic rings. The molecule has 0 aliphatic heterocycles. The number of nitrogens with two attached hydrogens (primary N) is 1. The molecule has 0 saturated carbocycles. The first kappa shape index (κ1) is 11.7. The molecule has 0 fully saturated rings. The topological polar surface area (TPSA) is 92.0 Å². The summed E-state index contributed by atoms with van der Waals surface area (Å²) in [5.74, 6) is -0.390. The van der Waals surface area contributed by atoms with Crippen LogP contribution in [0.1, 0.15) is 44.8 Å². The first-order valence-corrected chi connectivity index (χ1v) is 4.83. The number of H-pyrrole nitrogens is 1. The summed E-state index contributed by atoms with van der Waals surface area (Å²) in [7, 11) is 0. The molecule has 0 aliphatic carbocycles. The van der Waals surface area contributed by atoms with Gasteiger partial charge in [0.25, 0.3) is 0 Å². The first-order chi connectivity index (χ1) is 6.80. The number of hydrogen-bond acceptors (Lipinski definition) is 3. The molecule has 0 spiro atoms. The van der Waals surface area contributed by atoms with Gasteiger partial charge in [-0.3, -0.25) is 4.79 Å². The maximum Gasteiger partial charge on any atom is 0.305 e. The Morgan fingerprint density at radius 2 is 2.27 bits per heavy atom. The monoisotopic (exact) mass is 211 g/mol. The molecule has 15 heavy (non-hydrogen) atoms. The number of imidazole rings is 1. The minimum absolute atomic E-state index is 0.0335. The largest absolute Gasteiger partial charge is 0.481 e. The highest BCUT2D eigenvalue weighted by atomic mass is 16.4. The molecular formula is C10H17N3O2. The van der Waals surface area contributed by atoms with E-state index in [0.29, 0.717) is 5.82 Å². The van der Waals surface area contributed by atoms with Crippen molar-refractivity contribution in [1.82, 2.24) is 9.97 Å². The van der Waals surface area contributed by atoms with Gasteiger partial charge in [0.2, 0.25) is 0 Å². The summed E-state index contributed by atoms with van der Waals surface area (Å²) < 4.78 is 0. The second-order valence-corrected chi connectivity index (χ2v) is 4.64. The third-order valence-electron chi connectivity index (χ3n) is 2.15. The minimum Gasteiger partial charge on any atom is -0.481 e. The van der Waals surface area contributed by atoms with Crippen molar-refractivity contribution in [2.75, 3.05) is 0 Å². The summed E-state index contributed by atoms with van der Waals surface area (Å²) in [6.07, 6.45) is 1.59. The van der Waals surface area contributed by atoms with Crippen LogP contribution in [0.5, 0.6) is 0 Å². The molecule has 1 atom stereocenters. The Morgan fingerprint density at radius 3 is 2.67 bits per heavy atom. The van der Waals surface area contributed by atoms with Gasteiger partial charge < -0.3 is 15.8 Å². The predicted molar refractivity (Wildman–Crippen MR) is 56.5 cm³/mol. The van der Waals surface area contributed by atoms with Crippen molar-refractivity contribution in [2.24, 2.45) is 5.73 Å². The number of carboxylic acids is 1. The van der Waals surface area contributed by atoms with E-state index < -0.39 is 12.0 Å². The van der Waals surface area contributed by atoms with Crippen LogP contribution in [0.15, 0.2) is 6.20 Å². The van der Waals surface area contributed by atoms with Crippen molar-refractivity contribution >= 4 is 5.97 Å². The molecule has 1 heterocycles. The van der Waals surface area contributed by atoms with Crippen LogP contribution in [0.25, 0.3) is 0 Å². The van der Waals surface area contributed by atoms with Crippen LogP contribution in [-0.2, 0) is 10.2 Å². The van der Waals surface area contributed by atoms with Gasteiger partial charge in [0.15, 0.2) is 0 Å². The fourth-order valence-corrected chi connectivity index (χ4v) is 1.19. The van der Waals surface area contributed by atoms with Crippen LogP contribution < -0.4 is 5.73 Å². The van der Waals surface area contributed by atoms with Gasteiger partial charge in [-0.1, -0.05) is 20.8 Å². The SMILES string of the molecule is CC(C)(C)c1cnc(C(N)CC(=O)O)[nH]1. The lowest BCUT2D eigenvalue weighted by Crippen LogP contribution is -2.17. The Bertz CT molecular complexity index is 352. The predicted octanol–water partition coefficient (Wildman–Crippen LogP) is 1.18. The van der Waals surface area contributed by atoms with Crippen molar-refractivity contribution in [1.29, 1.82) is 0 Å². The Labute approximate surface area is 88.7 Å². The van der Waals surface area contributed by atoms with E-state index in [0.717, 1.165) is 5.69 Å². The lowest BCUT2D eigenvalue weighted by atomic mass is 9.93. The Hall–Kier alpha value is -1.36. The van der Waals surface area contributed by atoms with Crippen molar-refractivity contribution < 1.29 is 9.90 Å². The van der Waals surface area contributed by atoms with E-state index in [9.17, 15) is 4.79 Å². The summed E-state index contributed by atoms with van der Waals surface area (Å²) >= 11 is 0. The molecule has 1 unspecified atom stereocenters. The number of aliphatic carboxylic acids is 1. The zero-order valence-electron chi connectivity index (χ0n) is 9.24. The molecular weight excluding hydrogens is 194 g/mol. The van der Waals surface area contributed by atoms with Crippen molar-refractivity contribution in [3.63, 3.8) is 0 Å². The van der Waals surface area contributed by atoms with Gasteiger partial charge >= 0.3 is 5.97 Å². The smallest absolute Gasteiger partial charge is 0.305 e. The molecule has 1 aromatic heterocycles. The molecule has 0 aromatic carbocycles. The fraction of sp³-hybridized carbons (Fsp3) is 0.600. The van der Waals surface area contributed by atoms with Gasteiger partial charge in [-0.25, -0.2) is 4.98 Å². The lowest BCUT2D eigenvalue weighted by Gasteiger charge is -2.15. The maximum absolute atomic E-state index is 10.5. The third kappa shape index (κ3) is 3.06. The van der Waals surface area contributed by atoms with Crippen LogP contribution in [-0.4, -0.2) is 21.0 Å². The molecule has 1 rings (SSSR count). The summed E-state index contributed by atoms with van der Waals surface area (Å²) in [5, 5.41) is 8.59. The van der Waals surface area contributed by atoms with E-state index in [1.54, 1.807) is 6.20 Å². The molecule has 0 saturated heterocycles. The highest BCUT2D eigenvalue weighted by Gasteiger charge is 2.19. The van der Waals surface area contributed by atoms with Crippen LogP contribution in [0.4, 0.5) is 0 Å². The van der Waals surface area contributed by atoms with Crippen LogP contribution in [0.3, 0.4) is 0 Å². The van der Waals surface area contributed by atoms with E-state index in [1.807, 2.05) is 20.8 Å². The van der Waals surface area contributed by atoms with E-state index in [2.05, 4.69) is 9.97 Å². The van der Waals surface area contributed by atoms with Crippen LogP contribution in [0.2, 0.25) is 0 Å². The Kier molecular flexibility index (Phi) is 3.14. The summed E-state index contributed by atoms with van der Waals surface area (Å²) in [5.41, 5.74) is 6.60. The maximum atomic E-state index is 10.5. The van der Waals surface area contributed by atoms with E-state index in [4.69, 9.17) is 10.8 Å². The number of carbonyl (C=O) groups is 1. The van der Waals surface area contributed by atoms with Gasteiger partial charge in [-0.05, 0) is 0 Å². The number of hydrogen-bond donors (Lipinski definition) is 3. The number of nitrogens with zero attached hydrogens (tertiary/aromatic N) is 1. The first-order valence-electron chi connectivity index (χ1n) is 4.83. The van der Waals surface area contributed by atoms with Crippen molar-refractivity contribution in [2.45, 2.75) is 38.6 Å². The zero-order chi connectivity index (χ0) is 11.6. The van der Waals surface area contributed by atoms with Gasteiger partial charge in [-0.2, -0.15) is 0 Å². The van der Waals surface area contributed by atoms with Crippen LogP contribution >= 0.6 is 0 Å².